The summed E-state index contributed by atoms with van der Waals surface area (Å²) >= 11 is 0. The zero-order chi connectivity index (χ0) is 35.8. The third-order valence-electron chi connectivity index (χ3n) is 11.6. The largest absolute Gasteiger partial charge is 0.311 e. The van der Waals surface area contributed by atoms with Gasteiger partial charge < -0.3 is 9.47 Å². The molecule has 9 aromatic rings. The summed E-state index contributed by atoms with van der Waals surface area (Å²) in [5.41, 5.74) is 13.5. The highest BCUT2D eigenvalue weighted by Crippen LogP contribution is 2.40. The molecule has 8 aromatic carbocycles. The van der Waals surface area contributed by atoms with Crippen LogP contribution in [0.3, 0.4) is 0 Å². The minimum Gasteiger partial charge on any atom is -0.311 e. The summed E-state index contributed by atoms with van der Waals surface area (Å²) < 4.78 is 2.38. The normalized spacial score (nSPS) is 13.5. The van der Waals surface area contributed by atoms with E-state index in [4.69, 9.17) is 0 Å². The first-order chi connectivity index (χ1) is 26.8. The molecular formula is C52H42N2. The fraction of sp³-hybridized carbons (Fsp3) is 0.115. The molecule has 1 saturated carbocycles. The summed E-state index contributed by atoms with van der Waals surface area (Å²) in [5.74, 6) is 0.682. The van der Waals surface area contributed by atoms with Crippen molar-refractivity contribution in [3.8, 4) is 27.9 Å². The van der Waals surface area contributed by atoms with Gasteiger partial charge in [-0.3, -0.25) is 0 Å². The number of benzene rings is 8. The van der Waals surface area contributed by atoms with Crippen molar-refractivity contribution in [1.82, 2.24) is 4.57 Å². The average Bonchev–Trinajstić information content (AvgIpc) is 3.59. The van der Waals surface area contributed by atoms with Gasteiger partial charge in [-0.25, -0.2) is 0 Å². The van der Waals surface area contributed by atoms with Crippen molar-refractivity contribution in [3.05, 3.63) is 194 Å². The molecule has 2 heteroatoms. The van der Waals surface area contributed by atoms with E-state index in [1.165, 1.54) is 104 Å². The second-order valence-electron chi connectivity index (χ2n) is 14.8. The molecule has 0 unspecified atom stereocenters. The number of rotatable bonds is 7. The molecule has 2 nitrogen and oxygen atoms in total. The van der Waals surface area contributed by atoms with Crippen LogP contribution >= 0.6 is 0 Å². The van der Waals surface area contributed by atoms with Crippen molar-refractivity contribution in [2.45, 2.75) is 38.0 Å². The third kappa shape index (κ3) is 5.85. The Balaban J connectivity index is 0.987. The van der Waals surface area contributed by atoms with E-state index in [1.807, 2.05) is 0 Å². The number of hydrogen-bond acceptors (Lipinski definition) is 1. The number of anilines is 3. The first-order valence-electron chi connectivity index (χ1n) is 19.5. The van der Waals surface area contributed by atoms with Gasteiger partial charge in [0, 0.05) is 33.5 Å². The summed E-state index contributed by atoms with van der Waals surface area (Å²) in [7, 11) is 0. The van der Waals surface area contributed by atoms with E-state index in [9.17, 15) is 0 Å². The maximum Gasteiger partial charge on any atom is 0.0541 e. The van der Waals surface area contributed by atoms with Crippen molar-refractivity contribution >= 4 is 49.6 Å². The quantitative estimate of drug-likeness (QED) is 0.161. The van der Waals surface area contributed by atoms with E-state index in [2.05, 4.69) is 198 Å². The minimum atomic E-state index is 0.682. The first-order valence-corrected chi connectivity index (χ1v) is 19.5. The predicted molar refractivity (Wildman–Crippen MR) is 230 cm³/mol. The van der Waals surface area contributed by atoms with E-state index in [0.29, 0.717) is 5.92 Å². The Morgan fingerprint density at radius 2 is 0.870 bits per heavy atom. The molecule has 0 saturated heterocycles. The van der Waals surface area contributed by atoms with Gasteiger partial charge in [0.15, 0.2) is 0 Å². The summed E-state index contributed by atoms with van der Waals surface area (Å²) in [5, 5.41) is 5.11. The van der Waals surface area contributed by atoms with Gasteiger partial charge in [0.2, 0.25) is 0 Å². The molecule has 10 rings (SSSR count). The van der Waals surface area contributed by atoms with Crippen molar-refractivity contribution < 1.29 is 0 Å². The Hall–Kier alpha value is -6.38. The maximum atomic E-state index is 2.40. The molecule has 260 valence electrons. The van der Waals surface area contributed by atoms with Crippen LogP contribution in [0.2, 0.25) is 0 Å². The van der Waals surface area contributed by atoms with Gasteiger partial charge in [0.05, 0.1) is 11.0 Å². The molecule has 1 heterocycles. The average molecular weight is 695 g/mol. The lowest BCUT2D eigenvalue weighted by atomic mass is 9.84. The van der Waals surface area contributed by atoms with Crippen molar-refractivity contribution in [1.29, 1.82) is 0 Å². The minimum absolute atomic E-state index is 0.682. The fourth-order valence-corrected chi connectivity index (χ4v) is 8.85. The number of aromatic nitrogens is 1. The van der Waals surface area contributed by atoms with Crippen LogP contribution in [0.15, 0.2) is 188 Å². The highest BCUT2D eigenvalue weighted by molar-refractivity contribution is 6.09. The summed E-state index contributed by atoms with van der Waals surface area (Å²) in [6.07, 6.45) is 6.67. The summed E-state index contributed by atoms with van der Waals surface area (Å²) in [4.78, 5) is 2.40. The third-order valence-corrected chi connectivity index (χ3v) is 11.6. The lowest BCUT2D eigenvalue weighted by Crippen LogP contribution is -2.10. The molecular weight excluding hydrogens is 653 g/mol. The van der Waals surface area contributed by atoms with Gasteiger partial charge in [-0.15, -0.1) is 0 Å². The molecule has 0 amide bonds. The first kappa shape index (κ1) is 32.3. The van der Waals surface area contributed by atoms with Crippen molar-refractivity contribution in [3.63, 3.8) is 0 Å². The number of hydrogen-bond donors (Lipinski definition) is 0. The van der Waals surface area contributed by atoms with Crippen LogP contribution in [0.1, 0.15) is 43.6 Å². The highest BCUT2D eigenvalue weighted by Gasteiger charge is 2.18. The van der Waals surface area contributed by atoms with Gasteiger partial charge >= 0.3 is 0 Å². The topological polar surface area (TPSA) is 8.17 Å². The standard InChI is InChI=1S/C52H42N2/c1-2-11-37(12-3-1)38-21-29-43(30-22-38)53(45-35-27-42(28-36-45)48-18-10-14-41-13-4-5-15-47(41)48)44-31-23-39(24-32-44)40-25-33-46(34-26-40)54-51-19-8-6-16-49(51)50-17-7-9-20-52(50)54/h4-10,13-37H,1-3,11-12H2. The van der Waals surface area contributed by atoms with Gasteiger partial charge in [-0.2, -0.15) is 0 Å². The van der Waals surface area contributed by atoms with Crippen LogP contribution in [0.25, 0.3) is 60.5 Å². The van der Waals surface area contributed by atoms with Crippen LogP contribution < -0.4 is 4.90 Å². The summed E-state index contributed by atoms with van der Waals surface area (Å²) in [6.45, 7) is 0. The molecule has 0 bridgehead atoms. The van der Waals surface area contributed by atoms with Crippen LogP contribution in [0.4, 0.5) is 17.1 Å². The second-order valence-corrected chi connectivity index (χ2v) is 14.8. The Bertz CT molecular complexity index is 2650. The zero-order valence-electron chi connectivity index (χ0n) is 30.4. The van der Waals surface area contributed by atoms with E-state index in [1.54, 1.807) is 0 Å². The zero-order valence-corrected chi connectivity index (χ0v) is 30.4. The lowest BCUT2D eigenvalue weighted by molar-refractivity contribution is 0.443. The lowest BCUT2D eigenvalue weighted by Gasteiger charge is -2.27. The van der Waals surface area contributed by atoms with Gasteiger partial charge in [-0.1, -0.05) is 147 Å². The Labute approximate surface area is 317 Å². The van der Waals surface area contributed by atoms with Crippen LogP contribution in [0.5, 0.6) is 0 Å². The van der Waals surface area contributed by atoms with Gasteiger partial charge in [0.25, 0.3) is 0 Å². The van der Waals surface area contributed by atoms with Crippen LogP contribution in [-0.4, -0.2) is 4.57 Å². The molecule has 1 aromatic heterocycles. The molecule has 0 radical (unpaired) electrons. The number of fused-ring (bicyclic) bond motifs is 4. The van der Waals surface area contributed by atoms with Crippen molar-refractivity contribution in [2.75, 3.05) is 4.90 Å². The fourth-order valence-electron chi connectivity index (χ4n) is 8.85. The number of para-hydroxylation sites is 2. The molecule has 0 atom stereocenters. The van der Waals surface area contributed by atoms with Gasteiger partial charge in [-0.05, 0) is 118 Å². The van der Waals surface area contributed by atoms with Crippen LogP contribution in [-0.2, 0) is 0 Å². The molecule has 54 heavy (non-hydrogen) atoms. The SMILES string of the molecule is c1ccc2c(-c3ccc(N(c4ccc(-c5ccc(-n6c7ccccc7c7ccccc76)cc5)cc4)c4ccc(C5CCCCC5)cc4)cc3)cccc2c1. The highest BCUT2D eigenvalue weighted by atomic mass is 15.1. The molecule has 1 aliphatic rings. The molecule has 0 aliphatic heterocycles. The van der Waals surface area contributed by atoms with E-state index in [-0.39, 0.29) is 0 Å². The van der Waals surface area contributed by atoms with Crippen LogP contribution in [0, 0.1) is 0 Å². The maximum absolute atomic E-state index is 2.40. The molecule has 1 aliphatic carbocycles. The molecule has 1 fully saturated rings. The Kier molecular flexibility index (Phi) is 8.30. The predicted octanol–water partition coefficient (Wildman–Crippen LogP) is 14.8. The molecule has 0 N–H and O–H groups in total. The Morgan fingerprint density at radius 1 is 0.389 bits per heavy atom. The second kappa shape index (κ2) is 13.9. The Morgan fingerprint density at radius 3 is 1.48 bits per heavy atom. The van der Waals surface area contributed by atoms with E-state index >= 15 is 0 Å². The van der Waals surface area contributed by atoms with Crippen molar-refractivity contribution in [2.24, 2.45) is 0 Å². The molecule has 0 spiro atoms. The monoisotopic (exact) mass is 694 g/mol. The van der Waals surface area contributed by atoms with E-state index in [0.717, 1.165) is 11.4 Å². The number of nitrogens with zero attached hydrogens (tertiary/aromatic N) is 2. The van der Waals surface area contributed by atoms with Gasteiger partial charge in [0.1, 0.15) is 0 Å². The smallest absolute Gasteiger partial charge is 0.0541 e. The summed E-state index contributed by atoms with van der Waals surface area (Å²) in [6, 6.07) is 69.1. The van der Waals surface area contributed by atoms with E-state index < -0.39 is 0 Å².